The first kappa shape index (κ1) is 9.16. The fourth-order valence-corrected chi connectivity index (χ4v) is 2.54. The third-order valence-corrected chi connectivity index (χ3v) is 3.17. The molecule has 0 aromatic carbocycles. The van der Waals surface area contributed by atoms with Gasteiger partial charge in [0.05, 0.1) is 16.8 Å². The van der Waals surface area contributed by atoms with Crippen LogP contribution in [0.15, 0.2) is 10.9 Å². The van der Waals surface area contributed by atoms with Gasteiger partial charge in [-0.15, -0.1) is 11.3 Å². The maximum absolute atomic E-state index is 5.67. The predicted molar refractivity (Wildman–Crippen MR) is 54.1 cm³/mol. The Morgan fingerprint density at radius 3 is 3.08 bits per heavy atom. The van der Waals surface area contributed by atoms with E-state index in [9.17, 15) is 0 Å². The summed E-state index contributed by atoms with van der Waals surface area (Å²) in [7, 11) is 0. The highest BCUT2D eigenvalue weighted by Gasteiger charge is 2.30. The molecular weight excluding hydrogens is 182 g/mol. The van der Waals surface area contributed by atoms with Gasteiger partial charge in [-0.05, 0) is 26.7 Å². The van der Waals surface area contributed by atoms with Gasteiger partial charge < -0.3 is 4.74 Å². The lowest BCUT2D eigenvalue weighted by atomic mass is 9.87. The van der Waals surface area contributed by atoms with Crippen LogP contribution in [0.1, 0.15) is 38.3 Å². The van der Waals surface area contributed by atoms with Crippen LogP contribution in [0.25, 0.3) is 0 Å². The van der Waals surface area contributed by atoms with Crippen molar-refractivity contribution in [3.8, 4) is 0 Å². The normalized spacial score (nSPS) is 27.4. The van der Waals surface area contributed by atoms with Gasteiger partial charge in [0.15, 0.2) is 0 Å². The van der Waals surface area contributed by atoms with E-state index in [1.54, 1.807) is 11.3 Å². The molecule has 0 spiro atoms. The quantitative estimate of drug-likeness (QED) is 0.690. The summed E-state index contributed by atoms with van der Waals surface area (Å²) in [5.74, 6) is 0.606. The molecule has 3 heteroatoms. The van der Waals surface area contributed by atoms with E-state index in [-0.39, 0.29) is 5.60 Å². The van der Waals surface area contributed by atoms with Crippen LogP contribution < -0.4 is 0 Å². The lowest BCUT2D eigenvalue weighted by Gasteiger charge is -2.34. The third kappa shape index (κ3) is 2.09. The number of thiazole rings is 1. The highest BCUT2D eigenvalue weighted by molar-refractivity contribution is 7.07. The summed E-state index contributed by atoms with van der Waals surface area (Å²) in [5, 5.41) is 2.16. The summed E-state index contributed by atoms with van der Waals surface area (Å²) in [6, 6.07) is 0. The fourth-order valence-electron chi connectivity index (χ4n) is 1.91. The minimum atomic E-state index is 0.0343. The minimum absolute atomic E-state index is 0.0343. The summed E-state index contributed by atoms with van der Waals surface area (Å²) >= 11 is 1.68. The van der Waals surface area contributed by atoms with Gasteiger partial charge in [0.1, 0.15) is 0 Å². The molecule has 1 aromatic rings. The molecule has 2 heterocycles. The molecule has 2 rings (SSSR count). The van der Waals surface area contributed by atoms with Crippen LogP contribution in [0.3, 0.4) is 0 Å². The largest absolute Gasteiger partial charge is 0.376 e. The Kier molecular flexibility index (Phi) is 2.39. The Morgan fingerprint density at radius 2 is 2.46 bits per heavy atom. The van der Waals surface area contributed by atoms with Crippen LogP contribution in [-0.2, 0) is 4.74 Å². The fraction of sp³-hybridized carbons (Fsp3) is 0.700. The van der Waals surface area contributed by atoms with Gasteiger partial charge in [0.25, 0.3) is 0 Å². The highest BCUT2D eigenvalue weighted by Crippen LogP contribution is 2.35. The molecule has 1 fully saturated rings. The molecule has 1 aliphatic rings. The number of rotatable bonds is 1. The summed E-state index contributed by atoms with van der Waals surface area (Å²) in [6.45, 7) is 5.19. The second-order valence-electron chi connectivity index (χ2n) is 4.21. The Labute approximate surface area is 83.0 Å². The number of hydrogen-bond acceptors (Lipinski definition) is 3. The first-order valence-corrected chi connectivity index (χ1v) is 5.64. The van der Waals surface area contributed by atoms with E-state index in [1.165, 1.54) is 5.69 Å². The molecule has 2 nitrogen and oxygen atoms in total. The van der Waals surface area contributed by atoms with Crippen LogP contribution in [0.4, 0.5) is 0 Å². The molecule has 1 aliphatic heterocycles. The van der Waals surface area contributed by atoms with Gasteiger partial charge >= 0.3 is 0 Å². The van der Waals surface area contributed by atoms with Crippen molar-refractivity contribution >= 4 is 11.3 Å². The highest BCUT2D eigenvalue weighted by atomic mass is 32.1. The van der Waals surface area contributed by atoms with Crippen LogP contribution in [-0.4, -0.2) is 17.2 Å². The van der Waals surface area contributed by atoms with Gasteiger partial charge in [-0.3, -0.25) is 0 Å². The second-order valence-corrected chi connectivity index (χ2v) is 4.93. The van der Waals surface area contributed by atoms with Gasteiger partial charge in [0.2, 0.25) is 0 Å². The lowest BCUT2D eigenvalue weighted by molar-refractivity contribution is -0.0597. The van der Waals surface area contributed by atoms with Gasteiger partial charge in [-0.2, -0.15) is 0 Å². The van der Waals surface area contributed by atoms with Crippen molar-refractivity contribution in [2.45, 2.75) is 38.2 Å². The molecule has 0 amide bonds. The van der Waals surface area contributed by atoms with Crippen molar-refractivity contribution in [1.82, 2.24) is 4.98 Å². The molecule has 0 saturated carbocycles. The van der Waals surface area contributed by atoms with E-state index in [4.69, 9.17) is 4.74 Å². The number of aromatic nitrogens is 1. The molecule has 72 valence electrons. The van der Waals surface area contributed by atoms with Crippen LogP contribution in [0.5, 0.6) is 0 Å². The molecule has 1 unspecified atom stereocenters. The molecule has 0 aliphatic carbocycles. The number of nitrogens with zero attached hydrogens (tertiary/aromatic N) is 1. The zero-order valence-electron chi connectivity index (χ0n) is 8.12. The molecular formula is C10H15NOS. The number of hydrogen-bond donors (Lipinski definition) is 0. The van der Waals surface area contributed by atoms with Crippen molar-refractivity contribution in [3.05, 3.63) is 16.6 Å². The Morgan fingerprint density at radius 1 is 1.62 bits per heavy atom. The molecule has 13 heavy (non-hydrogen) atoms. The van der Waals surface area contributed by atoms with Crippen molar-refractivity contribution < 1.29 is 4.74 Å². The van der Waals surface area contributed by atoms with Crippen LogP contribution in [0, 0.1) is 0 Å². The predicted octanol–water partition coefficient (Wildman–Crippen LogP) is 2.82. The lowest BCUT2D eigenvalue weighted by Crippen LogP contribution is -2.33. The zero-order valence-corrected chi connectivity index (χ0v) is 8.93. The third-order valence-electron chi connectivity index (χ3n) is 2.57. The van der Waals surface area contributed by atoms with Gasteiger partial charge in [0, 0.05) is 17.9 Å². The average Bonchev–Trinajstić information content (AvgIpc) is 2.53. The summed E-state index contributed by atoms with van der Waals surface area (Å²) in [4.78, 5) is 4.37. The molecule has 0 bridgehead atoms. The molecule has 0 N–H and O–H groups in total. The van der Waals surface area contributed by atoms with Crippen molar-refractivity contribution in [1.29, 1.82) is 0 Å². The molecule has 0 radical (unpaired) electrons. The average molecular weight is 197 g/mol. The van der Waals surface area contributed by atoms with Gasteiger partial charge in [-0.25, -0.2) is 4.98 Å². The van der Waals surface area contributed by atoms with Crippen molar-refractivity contribution in [2.75, 3.05) is 6.61 Å². The first-order chi connectivity index (χ1) is 6.17. The second kappa shape index (κ2) is 3.39. The first-order valence-electron chi connectivity index (χ1n) is 4.69. The maximum atomic E-state index is 5.67. The SMILES string of the molecule is CC1(C)CC(c2cscn2)CCO1. The molecule has 1 atom stereocenters. The standard InChI is InChI=1S/C10H15NOS/c1-10(2)5-8(3-4-12-10)9-6-13-7-11-9/h6-8H,3-5H2,1-2H3. The smallest absolute Gasteiger partial charge is 0.0794 e. The van der Waals surface area contributed by atoms with Crippen LogP contribution >= 0.6 is 11.3 Å². The van der Waals surface area contributed by atoms with Crippen LogP contribution in [0.2, 0.25) is 0 Å². The summed E-state index contributed by atoms with van der Waals surface area (Å²) in [5.41, 5.74) is 3.20. The van der Waals surface area contributed by atoms with Crippen molar-refractivity contribution in [3.63, 3.8) is 0 Å². The van der Waals surface area contributed by atoms with Crippen molar-refractivity contribution in [2.24, 2.45) is 0 Å². The molecule has 1 saturated heterocycles. The van der Waals surface area contributed by atoms with E-state index in [1.807, 2.05) is 5.51 Å². The summed E-state index contributed by atoms with van der Waals surface area (Å²) in [6.07, 6.45) is 2.21. The summed E-state index contributed by atoms with van der Waals surface area (Å²) < 4.78 is 5.67. The number of ether oxygens (including phenoxy) is 1. The van der Waals surface area contributed by atoms with E-state index < -0.39 is 0 Å². The zero-order chi connectivity index (χ0) is 9.31. The Bertz CT molecular complexity index is 268. The topological polar surface area (TPSA) is 22.1 Å². The van der Waals surface area contributed by atoms with E-state index in [2.05, 4.69) is 24.2 Å². The molecule has 1 aromatic heterocycles. The van der Waals surface area contributed by atoms with E-state index >= 15 is 0 Å². The maximum Gasteiger partial charge on any atom is 0.0794 e. The van der Waals surface area contributed by atoms with E-state index in [0.29, 0.717) is 5.92 Å². The van der Waals surface area contributed by atoms with E-state index in [0.717, 1.165) is 19.4 Å². The Balaban J connectivity index is 2.09. The monoisotopic (exact) mass is 197 g/mol. The minimum Gasteiger partial charge on any atom is -0.376 e. The Hall–Kier alpha value is -0.410. The van der Waals surface area contributed by atoms with Gasteiger partial charge in [-0.1, -0.05) is 0 Å².